The summed E-state index contributed by atoms with van der Waals surface area (Å²) < 4.78 is 37.6. The van der Waals surface area contributed by atoms with Crippen molar-refractivity contribution in [1.82, 2.24) is 4.90 Å². The highest BCUT2D eigenvalue weighted by atomic mass is 19.4. The zero-order valence-electron chi connectivity index (χ0n) is 10.8. The van der Waals surface area contributed by atoms with Crippen LogP contribution >= 0.6 is 0 Å². The van der Waals surface area contributed by atoms with Crippen LogP contribution in [0.4, 0.5) is 13.2 Å². The van der Waals surface area contributed by atoms with E-state index in [1.807, 2.05) is 0 Å². The van der Waals surface area contributed by atoms with Gasteiger partial charge in [0.1, 0.15) is 0 Å². The average molecular weight is 252 g/mol. The van der Waals surface area contributed by atoms with E-state index >= 15 is 0 Å². The van der Waals surface area contributed by atoms with Crippen molar-refractivity contribution in [2.45, 2.75) is 45.8 Å². The minimum Gasteiger partial charge on any atom is -0.329 e. The number of nitrogens with zero attached hydrogens (tertiary/aromatic N) is 1. The summed E-state index contributed by atoms with van der Waals surface area (Å²) in [6.45, 7) is 7.76. The Morgan fingerprint density at radius 2 is 1.65 bits per heavy atom. The highest BCUT2D eigenvalue weighted by Crippen LogP contribution is 2.36. The molecule has 1 rings (SSSR count). The van der Waals surface area contributed by atoms with Crippen LogP contribution in [-0.2, 0) is 0 Å². The van der Waals surface area contributed by atoms with E-state index < -0.39 is 12.1 Å². The van der Waals surface area contributed by atoms with Crippen LogP contribution in [0.3, 0.4) is 0 Å². The minimum absolute atomic E-state index is 0.0137. The number of rotatable bonds is 2. The molecule has 0 radical (unpaired) electrons. The molecule has 1 atom stereocenters. The van der Waals surface area contributed by atoms with Crippen LogP contribution in [0.2, 0.25) is 0 Å². The smallest absolute Gasteiger partial charge is 0.329 e. The van der Waals surface area contributed by atoms with E-state index in [9.17, 15) is 13.2 Å². The Kier molecular flexibility index (Phi) is 4.47. The van der Waals surface area contributed by atoms with Crippen molar-refractivity contribution in [3.05, 3.63) is 0 Å². The van der Waals surface area contributed by atoms with Gasteiger partial charge >= 0.3 is 6.18 Å². The molecule has 1 fully saturated rings. The Labute approximate surface area is 101 Å². The summed E-state index contributed by atoms with van der Waals surface area (Å²) in [6.07, 6.45) is -3.63. The second-order valence-corrected chi connectivity index (χ2v) is 5.97. The maximum Gasteiger partial charge on any atom is 0.391 e. The number of piperidine rings is 1. The maximum atomic E-state index is 12.5. The van der Waals surface area contributed by atoms with Crippen LogP contribution in [0, 0.1) is 11.3 Å². The molecule has 0 spiro atoms. The lowest BCUT2D eigenvalue weighted by Crippen LogP contribution is -2.52. The quantitative estimate of drug-likeness (QED) is 0.818. The zero-order valence-corrected chi connectivity index (χ0v) is 10.8. The third kappa shape index (κ3) is 3.85. The summed E-state index contributed by atoms with van der Waals surface area (Å²) in [5, 5.41) is 0. The van der Waals surface area contributed by atoms with Crippen LogP contribution in [0.1, 0.15) is 33.6 Å². The van der Waals surface area contributed by atoms with Gasteiger partial charge in [-0.1, -0.05) is 20.8 Å². The average Bonchev–Trinajstić information content (AvgIpc) is 2.16. The van der Waals surface area contributed by atoms with E-state index in [0.717, 1.165) is 0 Å². The number of alkyl halides is 3. The Bertz CT molecular complexity index is 237. The molecule has 102 valence electrons. The molecule has 0 aromatic heterocycles. The van der Waals surface area contributed by atoms with Gasteiger partial charge in [0.25, 0.3) is 0 Å². The SMILES string of the molecule is CC(C)(C)C(CN)N1CCC(C(F)(F)F)CC1. The van der Waals surface area contributed by atoms with Gasteiger partial charge in [0.05, 0.1) is 5.92 Å². The normalized spacial score (nSPS) is 22.8. The van der Waals surface area contributed by atoms with Crippen molar-refractivity contribution in [2.24, 2.45) is 17.1 Å². The third-order valence-electron chi connectivity index (χ3n) is 3.66. The van der Waals surface area contributed by atoms with Crippen molar-refractivity contribution in [3.8, 4) is 0 Å². The minimum atomic E-state index is -4.04. The molecule has 0 aromatic rings. The summed E-state index contributed by atoms with van der Waals surface area (Å²) >= 11 is 0. The van der Waals surface area contributed by atoms with Crippen molar-refractivity contribution in [3.63, 3.8) is 0 Å². The molecule has 5 heteroatoms. The second-order valence-electron chi connectivity index (χ2n) is 5.97. The first-order valence-corrected chi connectivity index (χ1v) is 6.17. The summed E-state index contributed by atoms with van der Waals surface area (Å²) in [4.78, 5) is 2.11. The second kappa shape index (κ2) is 5.14. The topological polar surface area (TPSA) is 29.3 Å². The van der Waals surface area contributed by atoms with Gasteiger partial charge in [0.2, 0.25) is 0 Å². The predicted octanol–water partition coefficient (Wildman–Crippen LogP) is 2.63. The third-order valence-corrected chi connectivity index (χ3v) is 3.66. The Morgan fingerprint density at radius 1 is 1.18 bits per heavy atom. The number of hydrogen-bond acceptors (Lipinski definition) is 2. The van der Waals surface area contributed by atoms with Gasteiger partial charge in [-0.3, -0.25) is 4.90 Å². The van der Waals surface area contributed by atoms with Crippen LogP contribution in [0.15, 0.2) is 0 Å². The van der Waals surface area contributed by atoms with E-state index in [-0.39, 0.29) is 24.3 Å². The highest BCUT2D eigenvalue weighted by molar-refractivity contribution is 4.88. The van der Waals surface area contributed by atoms with E-state index in [1.165, 1.54) is 0 Å². The Balaban J connectivity index is 2.57. The monoisotopic (exact) mass is 252 g/mol. The molecule has 2 N–H and O–H groups in total. The van der Waals surface area contributed by atoms with Crippen LogP contribution in [0.25, 0.3) is 0 Å². The molecule has 0 amide bonds. The van der Waals surface area contributed by atoms with Gasteiger partial charge < -0.3 is 5.73 Å². The maximum absolute atomic E-state index is 12.5. The van der Waals surface area contributed by atoms with Gasteiger partial charge in [-0.2, -0.15) is 13.2 Å². The van der Waals surface area contributed by atoms with E-state index in [2.05, 4.69) is 25.7 Å². The fraction of sp³-hybridized carbons (Fsp3) is 1.00. The molecule has 0 aromatic carbocycles. The standard InChI is InChI=1S/C12H23F3N2/c1-11(2,3)10(8-16)17-6-4-9(5-7-17)12(13,14)15/h9-10H,4-8,16H2,1-3H3. The van der Waals surface area contributed by atoms with E-state index in [0.29, 0.717) is 19.6 Å². The van der Waals surface area contributed by atoms with E-state index in [1.54, 1.807) is 0 Å². The molecule has 1 heterocycles. The molecule has 0 bridgehead atoms. The van der Waals surface area contributed by atoms with Crippen molar-refractivity contribution < 1.29 is 13.2 Å². The highest BCUT2D eigenvalue weighted by Gasteiger charge is 2.42. The number of halogens is 3. The fourth-order valence-corrected chi connectivity index (χ4v) is 2.59. The predicted molar refractivity (Wildman–Crippen MR) is 62.6 cm³/mol. The first-order valence-electron chi connectivity index (χ1n) is 6.17. The first kappa shape index (κ1) is 14.8. The van der Waals surface area contributed by atoms with Gasteiger partial charge in [-0.25, -0.2) is 0 Å². The molecule has 1 aliphatic rings. The largest absolute Gasteiger partial charge is 0.391 e. The van der Waals surface area contributed by atoms with Crippen LogP contribution < -0.4 is 5.73 Å². The number of nitrogens with two attached hydrogens (primary N) is 1. The van der Waals surface area contributed by atoms with Gasteiger partial charge in [-0.05, 0) is 31.3 Å². The lowest BCUT2D eigenvalue weighted by Gasteiger charge is -2.43. The Hall–Kier alpha value is -0.290. The number of likely N-dealkylation sites (tertiary alicyclic amines) is 1. The van der Waals surface area contributed by atoms with E-state index in [4.69, 9.17) is 5.73 Å². The lowest BCUT2D eigenvalue weighted by atomic mass is 9.83. The van der Waals surface area contributed by atoms with Crippen molar-refractivity contribution >= 4 is 0 Å². The van der Waals surface area contributed by atoms with Crippen molar-refractivity contribution in [1.29, 1.82) is 0 Å². The molecule has 17 heavy (non-hydrogen) atoms. The molecular weight excluding hydrogens is 229 g/mol. The molecule has 0 aliphatic carbocycles. The Morgan fingerprint density at radius 3 is 1.94 bits per heavy atom. The summed E-state index contributed by atoms with van der Waals surface area (Å²) in [5.41, 5.74) is 5.76. The molecule has 0 saturated carbocycles. The van der Waals surface area contributed by atoms with Crippen LogP contribution in [0.5, 0.6) is 0 Å². The van der Waals surface area contributed by atoms with Gasteiger partial charge in [-0.15, -0.1) is 0 Å². The summed E-state index contributed by atoms with van der Waals surface area (Å²) in [7, 11) is 0. The molecule has 1 unspecified atom stereocenters. The lowest BCUT2D eigenvalue weighted by molar-refractivity contribution is -0.187. The van der Waals surface area contributed by atoms with Gasteiger partial charge in [0.15, 0.2) is 0 Å². The zero-order chi connectivity index (χ0) is 13.3. The van der Waals surface area contributed by atoms with Crippen LogP contribution in [-0.4, -0.2) is 36.8 Å². The van der Waals surface area contributed by atoms with Crippen molar-refractivity contribution in [2.75, 3.05) is 19.6 Å². The summed E-state index contributed by atoms with van der Waals surface area (Å²) in [5.74, 6) is -1.13. The summed E-state index contributed by atoms with van der Waals surface area (Å²) in [6, 6.07) is 0.164. The first-order chi connectivity index (χ1) is 7.66. The fourth-order valence-electron chi connectivity index (χ4n) is 2.59. The molecule has 1 aliphatic heterocycles. The number of hydrogen-bond donors (Lipinski definition) is 1. The van der Waals surface area contributed by atoms with Gasteiger partial charge in [0, 0.05) is 12.6 Å². The molecule has 2 nitrogen and oxygen atoms in total. The molecular formula is C12H23F3N2. The molecule has 1 saturated heterocycles.